The van der Waals surface area contributed by atoms with Crippen LogP contribution in [-0.2, 0) is 4.79 Å². The number of nitrogens with zero attached hydrogens (tertiary/aromatic N) is 2. The molecule has 1 aromatic heterocycles. The summed E-state index contributed by atoms with van der Waals surface area (Å²) in [4.78, 5) is 25.7. The third-order valence-electron chi connectivity index (χ3n) is 4.45. The van der Waals surface area contributed by atoms with Crippen LogP contribution in [0.15, 0.2) is 34.8 Å². The van der Waals surface area contributed by atoms with Gasteiger partial charge in [0.25, 0.3) is 5.91 Å². The number of hydrogen-bond donors (Lipinski definition) is 2. The van der Waals surface area contributed by atoms with Crippen molar-refractivity contribution in [3.05, 3.63) is 40.5 Å². The zero-order chi connectivity index (χ0) is 17.3. The molecule has 1 fully saturated rings. The van der Waals surface area contributed by atoms with Crippen LogP contribution in [0.1, 0.15) is 30.3 Å². The zero-order valence-electron chi connectivity index (χ0n) is 13.3. The van der Waals surface area contributed by atoms with Gasteiger partial charge in [0, 0.05) is 23.1 Å². The molecule has 1 unspecified atom stereocenters. The lowest BCUT2D eigenvalue weighted by molar-refractivity contribution is -0.150. The highest BCUT2D eigenvalue weighted by Gasteiger charge is 2.39. The van der Waals surface area contributed by atoms with Crippen LogP contribution >= 0.6 is 15.9 Å². The minimum Gasteiger partial charge on any atom is -0.481 e. The molecule has 3 rings (SSSR count). The van der Waals surface area contributed by atoms with Gasteiger partial charge in [0.05, 0.1) is 11.1 Å². The summed E-state index contributed by atoms with van der Waals surface area (Å²) in [5, 5.41) is 16.4. The number of aromatic amines is 1. The van der Waals surface area contributed by atoms with Gasteiger partial charge in [0.2, 0.25) is 0 Å². The van der Waals surface area contributed by atoms with Crippen molar-refractivity contribution in [1.29, 1.82) is 0 Å². The first-order chi connectivity index (χ1) is 11.4. The van der Waals surface area contributed by atoms with Crippen molar-refractivity contribution in [3.8, 4) is 11.3 Å². The molecule has 6 nitrogen and oxygen atoms in total. The zero-order valence-corrected chi connectivity index (χ0v) is 14.8. The Morgan fingerprint density at radius 1 is 1.33 bits per heavy atom. The van der Waals surface area contributed by atoms with Crippen molar-refractivity contribution in [2.45, 2.75) is 19.8 Å². The summed E-state index contributed by atoms with van der Waals surface area (Å²) < 4.78 is 0.972. The van der Waals surface area contributed by atoms with E-state index in [0.29, 0.717) is 30.8 Å². The van der Waals surface area contributed by atoms with Crippen LogP contribution in [0.5, 0.6) is 0 Å². The largest absolute Gasteiger partial charge is 0.481 e. The molecule has 1 amide bonds. The molecule has 1 saturated heterocycles. The van der Waals surface area contributed by atoms with Gasteiger partial charge < -0.3 is 10.0 Å². The Morgan fingerprint density at radius 3 is 2.71 bits per heavy atom. The van der Waals surface area contributed by atoms with Crippen LogP contribution in [-0.4, -0.2) is 45.2 Å². The van der Waals surface area contributed by atoms with Crippen LogP contribution < -0.4 is 0 Å². The summed E-state index contributed by atoms with van der Waals surface area (Å²) in [6.45, 7) is 2.47. The number of carboxylic acids is 1. The molecule has 0 radical (unpaired) electrons. The second-order valence-electron chi connectivity index (χ2n) is 6.37. The number of halogens is 1. The molecule has 0 saturated carbocycles. The average Bonchev–Trinajstić information content (AvgIpc) is 3.04. The Morgan fingerprint density at radius 2 is 2.04 bits per heavy atom. The highest BCUT2D eigenvalue weighted by Crippen LogP contribution is 2.30. The molecule has 0 bridgehead atoms. The smallest absolute Gasteiger partial charge is 0.311 e. The summed E-state index contributed by atoms with van der Waals surface area (Å²) in [6.07, 6.45) is 1.27. The van der Waals surface area contributed by atoms with Gasteiger partial charge in [0.1, 0.15) is 5.69 Å². The number of aliphatic carboxylic acids is 1. The number of carbonyl (C=O) groups is 2. The molecule has 0 spiro atoms. The van der Waals surface area contributed by atoms with E-state index in [-0.39, 0.29) is 12.5 Å². The maximum Gasteiger partial charge on any atom is 0.311 e. The van der Waals surface area contributed by atoms with Crippen molar-refractivity contribution in [3.63, 3.8) is 0 Å². The normalized spacial score (nSPS) is 20.8. The Kier molecular flexibility index (Phi) is 4.45. The maximum absolute atomic E-state index is 12.7. The maximum atomic E-state index is 12.7. The number of piperidine rings is 1. The van der Waals surface area contributed by atoms with Crippen molar-refractivity contribution in [2.24, 2.45) is 5.41 Å². The highest BCUT2D eigenvalue weighted by molar-refractivity contribution is 9.10. The molecule has 2 N–H and O–H groups in total. The fraction of sp³-hybridized carbons (Fsp3) is 0.353. The number of nitrogens with one attached hydrogen (secondary N) is 1. The fourth-order valence-electron chi connectivity index (χ4n) is 2.96. The number of carbonyl (C=O) groups excluding carboxylic acids is 1. The van der Waals surface area contributed by atoms with Crippen LogP contribution in [0.2, 0.25) is 0 Å². The molecule has 2 heterocycles. The topological polar surface area (TPSA) is 86.3 Å². The molecule has 126 valence electrons. The monoisotopic (exact) mass is 391 g/mol. The average molecular weight is 392 g/mol. The van der Waals surface area contributed by atoms with Gasteiger partial charge in [0.15, 0.2) is 0 Å². The van der Waals surface area contributed by atoms with E-state index in [4.69, 9.17) is 0 Å². The molecule has 2 aromatic rings. The molecule has 24 heavy (non-hydrogen) atoms. The van der Waals surface area contributed by atoms with Crippen molar-refractivity contribution in [1.82, 2.24) is 15.1 Å². The van der Waals surface area contributed by atoms with E-state index >= 15 is 0 Å². The molecular formula is C17H18BrN3O3. The fourth-order valence-corrected chi connectivity index (χ4v) is 3.22. The quantitative estimate of drug-likeness (QED) is 0.840. The molecule has 1 aliphatic heterocycles. The Hall–Kier alpha value is -2.15. The van der Waals surface area contributed by atoms with E-state index < -0.39 is 11.4 Å². The number of H-pyrrole nitrogens is 1. The SMILES string of the molecule is CC1(C(=O)O)CCCN(C(=O)c2cc(-c3ccc(Br)cc3)n[nH]2)C1. The van der Waals surface area contributed by atoms with E-state index in [2.05, 4.69) is 26.1 Å². The van der Waals surface area contributed by atoms with Gasteiger partial charge in [-0.15, -0.1) is 0 Å². The summed E-state index contributed by atoms with van der Waals surface area (Å²) in [7, 11) is 0. The molecule has 7 heteroatoms. The lowest BCUT2D eigenvalue weighted by Gasteiger charge is -2.37. The highest BCUT2D eigenvalue weighted by atomic mass is 79.9. The van der Waals surface area contributed by atoms with E-state index in [0.717, 1.165) is 10.0 Å². The van der Waals surface area contributed by atoms with E-state index in [1.165, 1.54) is 0 Å². The number of likely N-dealkylation sites (tertiary alicyclic amines) is 1. The van der Waals surface area contributed by atoms with Gasteiger partial charge in [-0.1, -0.05) is 28.1 Å². The van der Waals surface area contributed by atoms with Gasteiger partial charge in [-0.25, -0.2) is 0 Å². The van der Waals surface area contributed by atoms with Crippen LogP contribution in [0.3, 0.4) is 0 Å². The predicted molar refractivity (Wildman–Crippen MR) is 92.6 cm³/mol. The van der Waals surface area contributed by atoms with Crippen LogP contribution in [0.4, 0.5) is 0 Å². The second kappa shape index (κ2) is 6.39. The van der Waals surface area contributed by atoms with Gasteiger partial charge in [-0.2, -0.15) is 5.10 Å². The summed E-state index contributed by atoms with van der Waals surface area (Å²) in [5.41, 5.74) is 1.08. The molecule has 1 aliphatic rings. The first-order valence-corrected chi connectivity index (χ1v) is 8.52. The van der Waals surface area contributed by atoms with Crippen molar-refractivity contribution < 1.29 is 14.7 Å². The number of carboxylic acid groups (broad SMARTS) is 1. The molecule has 0 aliphatic carbocycles. The minimum absolute atomic E-state index is 0.210. The third kappa shape index (κ3) is 3.21. The van der Waals surface area contributed by atoms with Crippen LogP contribution in [0.25, 0.3) is 11.3 Å². The summed E-state index contributed by atoms with van der Waals surface area (Å²) in [6, 6.07) is 9.36. The lowest BCUT2D eigenvalue weighted by Crippen LogP contribution is -2.48. The van der Waals surface area contributed by atoms with E-state index in [1.54, 1.807) is 17.9 Å². The number of amides is 1. The lowest BCUT2D eigenvalue weighted by atomic mass is 9.82. The summed E-state index contributed by atoms with van der Waals surface area (Å²) in [5.74, 6) is -1.07. The standard InChI is InChI=1S/C17H18BrN3O3/c1-17(16(23)24)7-2-8-21(10-17)15(22)14-9-13(19-20-14)11-3-5-12(18)6-4-11/h3-6,9H,2,7-8,10H2,1H3,(H,19,20)(H,23,24). The van der Waals surface area contributed by atoms with Crippen molar-refractivity contribution in [2.75, 3.05) is 13.1 Å². The third-order valence-corrected chi connectivity index (χ3v) is 4.98. The number of rotatable bonds is 3. The molecular weight excluding hydrogens is 374 g/mol. The van der Waals surface area contributed by atoms with E-state index in [9.17, 15) is 14.7 Å². The number of hydrogen-bond acceptors (Lipinski definition) is 3. The molecule has 1 aromatic carbocycles. The van der Waals surface area contributed by atoms with Gasteiger partial charge in [-0.05, 0) is 38.0 Å². The van der Waals surface area contributed by atoms with E-state index in [1.807, 2.05) is 24.3 Å². The number of aromatic nitrogens is 2. The van der Waals surface area contributed by atoms with Crippen molar-refractivity contribution >= 4 is 27.8 Å². The van der Waals surface area contributed by atoms with Gasteiger partial charge >= 0.3 is 5.97 Å². The second-order valence-corrected chi connectivity index (χ2v) is 7.29. The first-order valence-electron chi connectivity index (χ1n) is 7.73. The minimum atomic E-state index is -0.886. The Labute approximate surface area is 148 Å². The number of benzene rings is 1. The first kappa shape index (κ1) is 16.7. The van der Waals surface area contributed by atoms with Crippen LogP contribution in [0, 0.1) is 5.41 Å². The Bertz CT molecular complexity index is 772. The van der Waals surface area contributed by atoms with Gasteiger partial charge in [-0.3, -0.25) is 14.7 Å². The molecule has 1 atom stereocenters. The summed E-state index contributed by atoms with van der Waals surface area (Å²) >= 11 is 3.38. The Balaban J connectivity index is 1.78. The predicted octanol–water partition coefficient (Wildman–Crippen LogP) is 3.17.